The minimum absolute atomic E-state index is 0.149. The van der Waals surface area contributed by atoms with Gasteiger partial charge in [0.05, 0.1) is 13.0 Å². The van der Waals surface area contributed by atoms with E-state index in [1.165, 1.54) is 0 Å². The van der Waals surface area contributed by atoms with E-state index in [1.54, 1.807) is 0 Å². The molecule has 4 heteroatoms. The van der Waals surface area contributed by atoms with E-state index < -0.39 is 11.9 Å². The number of carbonyl (C=O) groups is 2. The quantitative estimate of drug-likeness (QED) is 0.289. The van der Waals surface area contributed by atoms with Crippen molar-refractivity contribution in [2.75, 3.05) is 6.61 Å². The maximum atomic E-state index is 11.1. The topological polar surface area (TPSA) is 63.6 Å². The average molecular weight is 238 g/mol. The number of rotatable bonds is 9. The number of carboxylic acids is 1. The van der Waals surface area contributed by atoms with E-state index in [1.807, 2.05) is 0 Å². The van der Waals surface area contributed by atoms with Gasteiger partial charge in [0.1, 0.15) is 0 Å². The molecule has 1 N–H and O–H groups in total. The number of hydrogen-bond acceptors (Lipinski definition) is 3. The first-order chi connectivity index (χ1) is 8.07. The van der Waals surface area contributed by atoms with Gasteiger partial charge in [-0.25, -0.2) is 4.79 Å². The van der Waals surface area contributed by atoms with Crippen LogP contribution < -0.4 is 0 Å². The zero-order valence-corrected chi connectivity index (χ0v) is 9.91. The Balaban J connectivity index is 3.43. The molecule has 0 aliphatic heterocycles. The first-order valence-electron chi connectivity index (χ1n) is 5.58. The van der Waals surface area contributed by atoms with Crippen LogP contribution in [0.15, 0.2) is 12.2 Å². The van der Waals surface area contributed by atoms with Gasteiger partial charge in [0, 0.05) is 12.0 Å². The van der Waals surface area contributed by atoms with E-state index in [0.717, 1.165) is 32.1 Å². The molecule has 0 rings (SSSR count). The summed E-state index contributed by atoms with van der Waals surface area (Å²) in [7, 11) is 0. The summed E-state index contributed by atoms with van der Waals surface area (Å²) in [6, 6.07) is 0. The Hall–Kier alpha value is -1.76. The maximum Gasteiger partial charge on any atom is 0.331 e. The van der Waals surface area contributed by atoms with E-state index in [9.17, 15) is 9.59 Å². The zero-order chi connectivity index (χ0) is 13.1. The fraction of sp³-hybridized carbons (Fsp3) is 0.538. The van der Waals surface area contributed by atoms with Crippen LogP contribution >= 0.6 is 0 Å². The van der Waals surface area contributed by atoms with Crippen LogP contribution in [0.5, 0.6) is 0 Å². The number of esters is 1. The van der Waals surface area contributed by atoms with Crippen molar-refractivity contribution in [2.24, 2.45) is 0 Å². The van der Waals surface area contributed by atoms with Gasteiger partial charge in [-0.1, -0.05) is 19.4 Å². The Labute approximate surface area is 102 Å². The molecule has 0 saturated heterocycles. The molecule has 0 fully saturated rings. The van der Waals surface area contributed by atoms with Gasteiger partial charge in [0.25, 0.3) is 0 Å². The number of unbranched alkanes of at least 4 members (excludes halogenated alkanes) is 4. The van der Waals surface area contributed by atoms with Crippen molar-refractivity contribution >= 4 is 11.9 Å². The van der Waals surface area contributed by atoms with Crippen LogP contribution in [0.4, 0.5) is 0 Å². The summed E-state index contributed by atoms with van der Waals surface area (Å²) in [5.41, 5.74) is -0.149. The van der Waals surface area contributed by atoms with Crippen molar-refractivity contribution in [1.82, 2.24) is 0 Å². The summed E-state index contributed by atoms with van der Waals surface area (Å²) in [6.45, 7) is 3.57. The summed E-state index contributed by atoms with van der Waals surface area (Å²) >= 11 is 0. The van der Waals surface area contributed by atoms with Gasteiger partial charge in [-0.15, -0.1) is 12.3 Å². The largest absolute Gasteiger partial charge is 0.478 e. The van der Waals surface area contributed by atoms with Crippen molar-refractivity contribution in [3.63, 3.8) is 0 Å². The number of hydrogen-bond donors (Lipinski definition) is 1. The molecule has 0 aromatic heterocycles. The molecule has 0 aliphatic rings. The van der Waals surface area contributed by atoms with Crippen molar-refractivity contribution < 1.29 is 19.4 Å². The zero-order valence-electron chi connectivity index (χ0n) is 9.91. The van der Waals surface area contributed by atoms with Gasteiger partial charge >= 0.3 is 11.9 Å². The first-order valence-corrected chi connectivity index (χ1v) is 5.58. The van der Waals surface area contributed by atoms with Crippen molar-refractivity contribution in [1.29, 1.82) is 0 Å². The minimum Gasteiger partial charge on any atom is -0.478 e. The van der Waals surface area contributed by atoms with Crippen LogP contribution in [0.25, 0.3) is 0 Å². The predicted molar refractivity (Wildman–Crippen MR) is 64.3 cm³/mol. The molecule has 0 heterocycles. The van der Waals surface area contributed by atoms with E-state index in [4.69, 9.17) is 16.3 Å². The average Bonchev–Trinajstić information content (AvgIpc) is 2.27. The van der Waals surface area contributed by atoms with Crippen LogP contribution in [0.1, 0.15) is 38.5 Å². The Morgan fingerprint density at radius 2 is 1.88 bits per heavy atom. The number of terminal acetylenes is 1. The van der Waals surface area contributed by atoms with Gasteiger partial charge in [0.2, 0.25) is 0 Å². The summed E-state index contributed by atoms with van der Waals surface area (Å²) in [6.07, 6.45) is 9.35. The third kappa shape index (κ3) is 9.19. The summed E-state index contributed by atoms with van der Waals surface area (Å²) in [5, 5.41) is 8.50. The Bertz CT molecular complexity index is 312. The van der Waals surface area contributed by atoms with Gasteiger partial charge in [-0.2, -0.15) is 0 Å². The highest BCUT2D eigenvalue weighted by atomic mass is 16.5. The molecule has 0 aliphatic carbocycles. The van der Waals surface area contributed by atoms with Crippen molar-refractivity contribution in [3.05, 3.63) is 12.2 Å². The Kier molecular flexibility index (Phi) is 8.48. The van der Waals surface area contributed by atoms with Crippen LogP contribution in [0.2, 0.25) is 0 Å². The SMILES string of the molecule is C#CCCCCCCOC(=O)CC(=C)C(=O)O. The monoisotopic (exact) mass is 238 g/mol. The van der Waals surface area contributed by atoms with Crippen LogP contribution in [0.3, 0.4) is 0 Å². The fourth-order valence-electron chi connectivity index (χ4n) is 1.17. The predicted octanol–water partition coefficient (Wildman–Crippen LogP) is 2.14. The summed E-state index contributed by atoms with van der Waals surface area (Å²) in [5.74, 6) is 0.847. The fourth-order valence-corrected chi connectivity index (χ4v) is 1.17. The molecule has 0 atom stereocenters. The van der Waals surface area contributed by atoms with Crippen LogP contribution in [-0.2, 0) is 14.3 Å². The molecule has 94 valence electrons. The van der Waals surface area contributed by atoms with Gasteiger partial charge in [0.15, 0.2) is 0 Å². The first kappa shape index (κ1) is 15.2. The highest BCUT2D eigenvalue weighted by Crippen LogP contribution is 2.04. The number of carbonyl (C=O) groups excluding carboxylic acids is 1. The van der Waals surface area contributed by atoms with Gasteiger partial charge in [-0.3, -0.25) is 4.79 Å². The van der Waals surface area contributed by atoms with Crippen molar-refractivity contribution in [2.45, 2.75) is 38.5 Å². The Morgan fingerprint density at radius 1 is 1.24 bits per heavy atom. The molecular formula is C13H18O4. The number of ether oxygens (including phenoxy) is 1. The summed E-state index contributed by atoms with van der Waals surface area (Å²) < 4.78 is 4.87. The van der Waals surface area contributed by atoms with E-state index in [2.05, 4.69) is 12.5 Å². The third-order valence-corrected chi connectivity index (χ3v) is 2.14. The molecule has 0 aromatic carbocycles. The molecule has 0 radical (unpaired) electrons. The molecule has 0 saturated carbocycles. The highest BCUT2D eigenvalue weighted by Gasteiger charge is 2.10. The second-order valence-electron chi connectivity index (χ2n) is 3.67. The molecule has 17 heavy (non-hydrogen) atoms. The van der Waals surface area contributed by atoms with Crippen LogP contribution in [-0.4, -0.2) is 23.7 Å². The van der Waals surface area contributed by atoms with Gasteiger partial charge in [-0.05, 0) is 12.8 Å². The second kappa shape index (κ2) is 9.46. The van der Waals surface area contributed by atoms with Crippen LogP contribution in [0, 0.1) is 12.3 Å². The lowest BCUT2D eigenvalue weighted by Gasteiger charge is -2.04. The van der Waals surface area contributed by atoms with Gasteiger partial charge < -0.3 is 9.84 Å². The summed E-state index contributed by atoms with van der Waals surface area (Å²) in [4.78, 5) is 21.5. The maximum absolute atomic E-state index is 11.1. The van der Waals surface area contributed by atoms with E-state index >= 15 is 0 Å². The molecule has 0 bridgehead atoms. The molecule has 0 amide bonds. The highest BCUT2D eigenvalue weighted by molar-refractivity contribution is 5.91. The number of carboxylic acid groups (broad SMARTS) is 1. The molecule has 4 nitrogen and oxygen atoms in total. The molecular weight excluding hydrogens is 220 g/mol. The van der Waals surface area contributed by atoms with Crippen molar-refractivity contribution in [3.8, 4) is 12.3 Å². The lowest BCUT2D eigenvalue weighted by Crippen LogP contribution is -2.10. The third-order valence-electron chi connectivity index (χ3n) is 2.14. The smallest absolute Gasteiger partial charge is 0.331 e. The normalized spacial score (nSPS) is 9.35. The minimum atomic E-state index is -1.17. The lowest BCUT2D eigenvalue weighted by atomic mass is 10.1. The van der Waals surface area contributed by atoms with E-state index in [0.29, 0.717) is 6.61 Å². The molecule has 0 aromatic rings. The standard InChI is InChI=1S/C13H18O4/c1-3-4-5-6-7-8-9-17-12(14)10-11(2)13(15)16/h1H,2,4-10H2,(H,15,16). The number of aliphatic carboxylic acids is 1. The lowest BCUT2D eigenvalue weighted by molar-refractivity contribution is -0.144. The molecule has 0 unspecified atom stereocenters. The molecule has 0 spiro atoms. The Morgan fingerprint density at radius 3 is 2.47 bits per heavy atom. The second-order valence-corrected chi connectivity index (χ2v) is 3.67. The van der Waals surface area contributed by atoms with E-state index in [-0.39, 0.29) is 12.0 Å².